The third-order valence-electron chi connectivity index (χ3n) is 6.06. The molecule has 170 valence electrons. The summed E-state index contributed by atoms with van der Waals surface area (Å²) in [5.41, 5.74) is 2.21. The summed E-state index contributed by atoms with van der Waals surface area (Å²) < 4.78 is 8.34. The van der Waals surface area contributed by atoms with Crippen molar-refractivity contribution in [1.29, 1.82) is 0 Å². The summed E-state index contributed by atoms with van der Waals surface area (Å²) in [6.07, 6.45) is 1.27. The zero-order valence-corrected chi connectivity index (χ0v) is 19.9. The molecule has 9 heteroatoms. The lowest BCUT2D eigenvalue weighted by atomic mass is 10.1. The third-order valence-corrected chi connectivity index (χ3v) is 6.56. The van der Waals surface area contributed by atoms with Crippen LogP contribution in [0.4, 0.5) is 0 Å². The van der Waals surface area contributed by atoms with E-state index in [1.54, 1.807) is 4.90 Å². The number of aromatic nitrogens is 1. The van der Waals surface area contributed by atoms with Crippen molar-refractivity contribution in [1.82, 2.24) is 19.7 Å². The standard InChI is InChI=1S/C23H27BrN4O4/c1-4-21(30)27-11-17(12-27)25-20(29)13-28-15(3)22(18-9-16(24)5-6-19(18)28)23(31)26-7-8-32-14(2)10-26/h4-6,9,14,17H,1,7-8,10-13H2,2-3H3,(H,25,29)/t14-/m0/s1. The Hall–Kier alpha value is -2.65. The molecule has 2 aliphatic rings. The Kier molecular flexibility index (Phi) is 6.39. The second kappa shape index (κ2) is 9.07. The molecule has 2 aromatic rings. The number of hydrogen-bond donors (Lipinski definition) is 1. The molecule has 1 aromatic carbocycles. The van der Waals surface area contributed by atoms with Crippen LogP contribution in [0.15, 0.2) is 35.3 Å². The van der Waals surface area contributed by atoms with Crippen LogP contribution in [-0.4, -0.2) is 77.0 Å². The van der Waals surface area contributed by atoms with E-state index in [2.05, 4.69) is 27.8 Å². The molecule has 2 aliphatic heterocycles. The van der Waals surface area contributed by atoms with Gasteiger partial charge >= 0.3 is 0 Å². The lowest BCUT2D eigenvalue weighted by molar-refractivity contribution is -0.133. The van der Waals surface area contributed by atoms with Gasteiger partial charge in [-0.25, -0.2) is 0 Å². The van der Waals surface area contributed by atoms with Crippen molar-refractivity contribution in [2.45, 2.75) is 32.5 Å². The van der Waals surface area contributed by atoms with Gasteiger partial charge in [-0.1, -0.05) is 22.5 Å². The highest BCUT2D eigenvalue weighted by molar-refractivity contribution is 9.10. The van der Waals surface area contributed by atoms with Gasteiger partial charge in [0.2, 0.25) is 11.8 Å². The van der Waals surface area contributed by atoms with Gasteiger partial charge in [0.25, 0.3) is 5.91 Å². The van der Waals surface area contributed by atoms with Crippen LogP contribution >= 0.6 is 15.9 Å². The topological polar surface area (TPSA) is 83.9 Å². The van der Waals surface area contributed by atoms with Crippen molar-refractivity contribution in [2.75, 3.05) is 32.8 Å². The number of hydrogen-bond acceptors (Lipinski definition) is 4. The maximum absolute atomic E-state index is 13.4. The molecule has 1 N–H and O–H groups in total. The second-order valence-corrected chi connectivity index (χ2v) is 9.27. The van der Waals surface area contributed by atoms with Crippen LogP contribution in [0, 0.1) is 6.92 Å². The Morgan fingerprint density at radius 1 is 1.25 bits per heavy atom. The zero-order valence-electron chi connectivity index (χ0n) is 18.3. The third kappa shape index (κ3) is 4.31. The minimum Gasteiger partial charge on any atom is -0.375 e. The first kappa shape index (κ1) is 22.5. The van der Waals surface area contributed by atoms with E-state index in [9.17, 15) is 14.4 Å². The molecule has 3 heterocycles. The molecule has 2 saturated heterocycles. The van der Waals surface area contributed by atoms with Crippen molar-refractivity contribution < 1.29 is 19.1 Å². The number of nitrogens with zero attached hydrogens (tertiary/aromatic N) is 3. The van der Waals surface area contributed by atoms with E-state index < -0.39 is 0 Å². The first-order valence-electron chi connectivity index (χ1n) is 10.7. The maximum atomic E-state index is 13.4. The summed E-state index contributed by atoms with van der Waals surface area (Å²) in [5.74, 6) is -0.325. The monoisotopic (exact) mass is 502 g/mol. The molecule has 0 unspecified atom stereocenters. The van der Waals surface area contributed by atoms with Gasteiger partial charge in [-0.15, -0.1) is 0 Å². The van der Waals surface area contributed by atoms with Gasteiger partial charge < -0.3 is 24.4 Å². The van der Waals surface area contributed by atoms with Gasteiger partial charge in [0.1, 0.15) is 6.54 Å². The molecule has 32 heavy (non-hydrogen) atoms. The van der Waals surface area contributed by atoms with Gasteiger partial charge in [0, 0.05) is 47.2 Å². The summed E-state index contributed by atoms with van der Waals surface area (Å²) in [6, 6.07) is 5.69. The van der Waals surface area contributed by atoms with Crippen LogP contribution in [0.2, 0.25) is 0 Å². The number of amides is 3. The number of carbonyl (C=O) groups excluding carboxylic acids is 3. The number of morpholine rings is 1. The van der Waals surface area contributed by atoms with Gasteiger partial charge in [-0.2, -0.15) is 0 Å². The number of fused-ring (bicyclic) bond motifs is 1. The normalized spacial score (nSPS) is 19.0. The fourth-order valence-electron chi connectivity index (χ4n) is 4.38. The molecule has 0 bridgehead atoms. The molecule has 0 radical (unpaired) electrons. The molecule has 8 nitrogen and oxygen atoms in total. The van der Waals surface area contributed by atoms with Crippen LogP contribution < -0.4 is 5.32 Å². The summed E-state index contributed by atoms with van der Waals surface area (Å²) in [4.78, 5) is 41.3. The number of nitrogens with one attached hydrogen (secondary N) is 1. The number of rotatable bonds is 5. The number of ether oxygens (including phenoxy) is 1. The van der Waals surface area contributed by atoms with E-state index in [-0.39, 0.29) is 36.4 Å². The molecule has 3 amide bonds. The summed E-state index contributed by atoms with van der Waals surface area (Å²) in [5, 5.41) is 3.80. The molecule has 4 rings (SSSR count). The van der Waals surface area contributed by atoms with Gasteiger partial charge in [-0.05, 0) is 38.1 Å². The quantitative estimate of drug-likeness (QED) is 0.634. The van der Waals surface area contributed by atoms with Crippen molar-refractivity contribution in [2.24, 2.45) is 0 Å². The largest absolute Gasteiger partial charge is 0.375 e. The van der Waals surface area contributed by atoms with Gasteiger partial charge in [0.15, 0.2) is 0 Å². The average molecular weight is 503 g/mol. The number of carbonyl (C=O) groups is 3. The summed E-state index contributed by atoms with van der Waals surface area (Å²) in [7, 11) is 0. The Morgan fingerprint density at radius 3 is 2.69 bits per heavy atom. The second-order valence-electron chi connectivity index (χ2n) is 8.35. The predicted molar refractivity (Wildman–Crippen MR) is 124 cm³/mol. The lowest BCUT2D eigenvalue weighted by Crippen LogP contribution is -2.61. The van der Waals surface area contributed by atoms with Gasteiger partial charge in [-0.3, -0.25) is 14.4 Å². The van der Waals surface area contributed by atoms with Crippen molar-refractivity contribution in [3.63, 3.8) is 0 Å². The van der Waals surface area contributed by atoms with E-state index in [4.69, 9.17) is 4.74 Å². The molecular weight excluding hydrogens is 476 g/mol. The first-order valence-corrected chi connectivity index (χ1v) is 11.5. The Labute approximate surface area is 195 Å². The van der Waals surface area contributed by atoms with Crippen molar-refractivity contribution in [3.05, 3.63) is 46.6 Å². The minimum atomic E-state index is -0.150. The lowest BCUT2D eigenvalue weighted by Gasteiger charge is -2.38. The number of benzene rings is 1. The van der Waals surface area contributed by atoms with Crippen molar-refractivity contribution >= 4 is 44.6 Å². The summed E-state index contributed by atoms with van der Waals surface area (Å²) in [6.45, 7) is 9.99. The molecule has 1 aromatic heterocycles. The number of halogens is 1. The summed E-state index contributed by atoms with van der Waals surface area (Å²) >= 11 is 3.51. The highest BCUT2D eigenvalue weighted by atomic mass is 79.9. The fourth-order valence-corrected chi connectivity index (χ4v) is 4.75. The average Bonchev–Trinajstić information content (AvgIpc) is 2.99. The van der Waals surface area contributed by atoms with E-state index >= 15 is 0 Å². The molecule has 0 aliphatic carbocycles. The fraction of sp³-hybridized carbons (Fsp3) is 0.435. The van der Waals surface area contributed by atoms with Crippen molar-refractivity contribution in [3.8, 4) is 0 Å². The van der Waals surface area contributed by atoms with Crippen LogP contribution in [0.3, 0.4) is 0 Å². The van der Waals surface area contributed by atoms with E-state index in [1.807, 2.05) is 41.5 Å². The smallest absolute Gasteiger partial charge is 0.256 e. The molecular formula is C23H27BrN4O4. The Balaban J connectivity index is 1.56. The van der Waals surface area contributed by atoms with Crippen LogP contribution in [0.1, 0.15) is 23.0 Å². The van der Waals surface area contributed by atoms with E-state index in [1.165, 1.54) is 6.08 Å². The predicted octanol–water partition coefficient (Wildman–Crippen LogP) is 2.09. The molecule has 1 atom stereocenters. The highest BCUT2D eigenvalue weighted by Crippen LogP contribution is 2.30. The Bertz CT molecular complexity index is 1090. The zero-order chi connectivity index (χ0) is 23.0. The van der Waals surface area contributed by atoms with Crippen LogP contribution in [-0.2, 0) is 20.9 Å². The molecule has 2 fully saturated rings. The maximum Gasteiger partial charge on any atom is 0.256 e. The molecule has 0 saturated carbocycles. The Morgan fingerprint density at radius 2 is 2.00 bits per heavy atom. The minimum absolute atomic E-state index is 0.00566. The van der Waals surface area contributed by atoms with E-state index in [0.717, 1.165) is 21.1 Å². The molecule has 0 spiro atoms. The van der Waals surface area contributed by atoms with Gasteiger partial charge in [0.05, 0.1) is 24.3 Å². The van der Waals surface area contributed by atoms with E-state index in [0.29, 0.717) is 38.3 Å². The van der Waals surface area contributed by atoms with Crippen LogP contribution in [0.5, 0.6) is 0 Å². The van der Waals surface area contributed by atoms with Crippen LogP contribution in [0.25, 0.3) is 10.9 Å². The first-order chi connectivity index (χ1) is 15.3. The highest BCUT2D eigenvalue weighted by Gasteiger charge is 2.31. The SMILES string of the molecule is C=CC(=O)N1CC(NC(=O)Cn2c(C)c(C(=O)N3CCO[C@@H](C)C3)c3cc(Br)ccc32)C1. The number of likely N-dealkylation sites (tertiary alicyclic amines) is 1.